The van der Waals surface area contributed by atoms with Crippen molar-refractivity contribution >= 4 is 11.9 Å². The normalized spacial score (nSPS) is 11.7. The maximum atomic E-state index is 11.1. The highest BCUT2D eigenvalue weighted by Gasteiger charge is 2.13. The van der Waals surface area contributed by atoms with Crippen LogP contribution in [0.2, 0.25) is 0 Å². The molecule has 0 aliphatic heterocycles. The van der Waals surface area contributed by atoms with Gasteiger partial charge in [0.1, 0.15) is 0 Å². The number of nitrogens with zero attached hydrogens (tertiary/aromatic N) is 1. The molecule has 0 bridgehead atoms. The van der Waals surface area contributed by atoms with Gasteiger partial charge in [0.15, 0.2) is 0 Å². The predicted molar refractivity (Wildman–Crippen MR) is 69.0 cm³/mol. The number of ether oxygens (including phenoxy) is 1. The Labute approximate surface area is 111 Å². The third kappa shape index (κ3) is 5.85. The lowest BCUT2D eigenvalue weighted by Crippen LogP contribution is -2.35. The molecule has 0 aliphatic carbocycles. The maximum absolute atomic E-state index is 11.1. The number of amides is 1. The minimum Gasteiger partial charge on any atom is -0.481 e. The molecule has 1 aromatic rings. The molecule has 2 N–H and O–H groups in total. The summed E-state index contributed by atoms with van der Waals surface area (Å²) in [6.07, 6.45) is 2.62. The highest BCUT2D eigenvalue weighted by atomic mass is 16.5. The maximum Gasteiger partial charge on any atom is 0.303 e. The zero-order valence-corrected chi connectivity index (χ0v) is 11.0. The Bertz CT molecular complexity index is 431. The third-order valence-corrected chi connectivity index (χ3v) is 2.60. The molecular formula is C13H18N2O4. The molecule has 1 atom stereocenters. The molecule has 0 saturated heterocycles. The lowest BCUT2D eigenvalue weighted by atomic mass is 10.0. The highest BCUT2D eigenvalue weighted by Crippen LogP contribution is 2.11. The van der Waals surface area contributed by atoms with Crippen LogP contribution in [-0.4, -0.2) is 35.1 Å². The van der Waals surface area contributed by atoms with Crippen LogP contribution in [0.1, 0.15) is 25.3 Å². The summed E-state index contributed by atoms with van der Waals surface area (Å²) in [4.78, 5) is 25.8. The number of hydrogen-bond donors (Lipinski definition) is 2. The molecule has 6 nitrogen and oxygen atoms in total. The minimum absolute atomic E-state index is 0.0224. The summed E-state index contributed by atoms with van der Waals surface area (Å²) in [6, 6.07) is 3.38. The standard InChI is InChI=1S/C13H18N2O4/c1-9(16)15-11(4-6-13(17)18)7-10-3-5-12(19-2)14-8-10/h3,5,8,11H,4,6-7H2,1-2H3,(H,15,16)(H,17,18). The average molecular weight is 266 g/mol. The van der Waals surface area contributed by atoms with Crippen LogP contribution in [-0.2, 0) is 16.0 Å². The van der Waals surface area contributed by atoms with E-state index in [1.54, 1.807) is 12.3 Å². The van der Waals surface area contributed by atoms with Crippen molar-refractivity contribution in [3.8, 4) is 5.88 Å². The summed E-state index contributed by atoms with van der Waals surface area (Å²) < 4.78 is 4.96. The van der Waals surface area contributed by atoms with E-state index in [0.717, 1.165) is 5.56 Å². The van der Waals surface area contributed by atoms with Crippen LogP contribution in [0.3, 0.4) is 0 Å². The molecule has 1 rings (SSSR count). The first-order chi connectivity index (χ1) is 9.01. The van der Waals surface area contributed by atoms with E-state index >= 15 is 0 Å². The van der Waals surface area contributed by atoms with Gasteiger partial charge in [-0.2, -0.15) is 0 Å². The number of carbonyl (C=O) groups is 2. The number of aliphatic carboxylic acids is 1. The zero-order chi connectivity index (χ0) is 14.3. The average Bonchev–Trinajstić information content (AvgIpc) is 2.36. The van der Waals surface area contributed by atoms with Crippen LogP contribution < -0.4 is 10.1 Å². The lowest BCUT2D eigenvalue weighted by Gasteiger charge is -2.17. The summed E-state index contributed by atoms with van der Waals surface area (Å²) in [5, 5.41) is 11.4. The van der Waals surface area contributed by atoms with Crippen molar-refractivity contribution in [3.63, 3.8) is 0 Å². The smallest absolute Gasteiger partial charge is 0.303 e. The highest BCUT2D eigenvalue weighted by molar-refractivity contribution is 5.73. The van der Waals surface area contributed by atoms with Crippen LogP contribution in [0.15, 0.2) is 18.3 Å². The van der Waals surface area contributed by atoms with Crippen molar-refractivity contribution in [1.82, 2.24) is 10.3 Å². The van der Waals surface area contributed by atoms with Gasteiger partial charge in [-0.1, -0.05) is 6.07 Å². The van der Waals surface area contributed by atoms with E-state index in [2.05, 4.69) is 10.3 Å². The molecule has 0 aliphatic rings. The summed E-state index contributed by atoms with van der Waals surface area (Å²) in [7, 11) is 1.54. The van der Waals surface area contributed by atoms with Gasteiger partial charge in [0.25, 0.3) is 0 Å². The molecule has 1 unspecified atom stereocenters. The van der Waals surface area contributed by atoms with Crippen LogP contribution in [0, 0.1) is 0 Å². The van der Waals surface area contributed by atoms with Crippen molar-refractivity contribution in [2.75, 3.05) is 7.11 Å². The largest absolute Gasteiger partial charge is 0.481 e. The molecule has 0 saturated carbocycles. The Balaban J connectivity index is 2.63. The fraction of sp³-hybridized carbons (Fsp3) is 0.462. The predicted octanol–water partition coefficient (Wildman–Crippen LogP) is 1.00. The number of carboxylic acids is 1. The van der Waals surface area contributed by atoms with Gasteiger partial charge in [-0.3, -0.25) is 9.59 Å². The van der Waals surface area contributed by atoms with Gasteiger partial charge in [0.2, 0.25) is 11.8 Å². The topological polar surface area (TPSA) is 88.5 Å². The molecule has 6 heteroatoms. The Morgan fingerprint density at radius 3 is 2.68 bits per heavy atom. The minimum atomic E-state index is -0.872. The Hall–Kier alpha value is -2.11. The molecule has 0 fully saturated rings. The second-order valence-corrected chi connectivity index (χ2v) is 4.24. The molecule has 1 heterocycles. The molecule has 0 radical (unpaired) electrons. The molecule has 1 amide bonds. The second kappa shape index (κ2) is 7.35. The SMILES string of the molecule is COc1ccc(CC(CCC(=O)O)NC(C)=O)cn1. The van der Waals surface area contributed by atoms with Gasteiger partial charge < -0.3 is 15.2 Å². The molecule has 1 aromatic heterocycles. The molecule has 19 heavy (non-hydrogen) atoms. The lowest BCUT2D eigenvalue weighted by molar-refractivity contribution is -0.137. The monoisotopic (exact) mass is 266 g/mol. The van der Waals surface area contributed by atoms with E-state index in [9.17, 15) is 9.59 Å². The first-order valence-corrected chi connectivity index (χ1v) is 5.99. The van der Waals surface area contributed by atoms with Crippen LogP contribution in [0.5, 0.6) is 5.88 Å². The number of hydrogen-bond acceptors (Lipinski definition) is 4. The van der Waals surface area contributed by atoms with Crippen LogP contribution in [0.25, 0.3) is 0 Å². The van der Waals surface area contributed by atoms with E-state index < -0.39 is 5.97 Å². The van der Waals surface area contributed by atoms with Gasteiger partial charge in [-0.15, -0.1) is 0 Å². The van der Waals surface area contributed by atoms with E-state index in [-0.39, 0.29) is 18.4 Å². The van der Waals surface area contributed by atoms with Gasteiger partial charge >= 0.3 is 5.97 Å². The van der Waals surface area contributed by atoms with Gasteiger partial charge in [0, 0.05) is 31.6 Å². The number of aromatic nitrogens is 1. The third-order valence-electron chi connectivity index (χ3n) is 2.60. The van der Waals surface area contributed by atoms with E-state index in [0.29, 0.717) is 18.7 Å². The zero-order valence-electron chi connectivity index (χ0n) is 11.0. The van der Waals surface area contributed by atoms with Crippen molar-refractivity contribution in [1.29, 1.82) is 0 Å². The molecular weight excluding hydrogens is 248 g/mol. The molecule has 0 spiro atoms. The Kier molecular flexibility index (Phi) is 5.78. The summed E-state index contributed by atoms with van der Waals surface area (Å²) in [5.41, 5.74) is 0.921. The number of pyridine rings is 1. The first-order valence-electron chi connectivity index (χ1n) is 5.99. The van der Waals surface area contributed by atoms with Crippen molar-refractivity contribution in [2.45, 2.75) is 32.2 Å². The number of rotatable bonds is 7. The second-order valence-electron chi connectivity index (χ2n) is 4.24. The van der Waals surface area contributed by atoms with Gasteiger partial charge in [0.05, 0.1) is 7.11 Å². The number of nitrogens with one attached hydrogen (secondary N) is 1. The Morgan fingerprint density at radius 1 is 1.47 bits per heavy atom. The summed E-state index contributed by atoms with van der Waals surface area (Å²) in [6.45, 7) is 1.42. The van der Waals surface area contributed by atoms with E-state index in [1.165, 1.54) is 14.0 Å². The summed E-state index contributed by atoms with van der Waals surface area (Å²) in [5.74, 6) is -0.523. The van der Waals surface area contributed by atoms with Gasteiger partial charge in [-0.25, -0.2) is 4.98 Å². The summed E-state index contributed by atoms with van der Waals surface area (Å²) >= 11 is 0. The van der Waals surface area contributed by atoms with Crippen LogP contribution in [0.4, 0.5) is 0 Å². The number of carbonyl (C=O) groups excluding carboxylic acids is 1. The van der Waals surface area contributed by atoms with E-state index in [4.69, 9.17) is 9.84 Å². The number of carboxylic acid groups (broad SMARTS) is 1. The van der Waals surface area contributed by atoms with Crippen molar-refractivity contribution in [2.24, 2.45) is 0 Å². The first kappa shape index (κ1) is 14.9. The van der Waals surface area contributed by atoms with E-state index in [1.807, 2.05) is 6.07 Å². The fourth-order valence-electron chi connectivity index (χ4n) is 1.75. The number of methoxy groups -OCH3 is 1. The fourth-order valence-corrected chi connectivity index (χ4v) is 1.75. The molecule has 0 aromatic carbocycles. The Morgan fingerprint density at radius 2 is 2.21 bits per heavy atom. The quantitative estimate of drug-likeness (QED) is 0.768. The van der Waals surface area contributed by atoms with Crippen molar-refractivity contribution < 1.29 is 19.4 Å². The van der Waals surface area contributed by atoms with Crippen molar-refractivity contribution in [3.05, 3.63) is 23.9 Å². The van der Waals surface area contributed by atoms with Gasteiger partial charge in [-0.05, 0) is 18.4 Å². The molecule has 104 valence electrons. The van der Waals surface area contributed by atoms with Crippen LogP contribution >= 0.6 is 0 Å².